The van der Waals surface area contributed by atoms with E-state index in [0.717, 1.165) is 40.4 Å². The molecular weight excluding hydrogens is 325 g/mol. The summed E-state index contributed by atoms with van der Waals surface area (Å²) in [6, 6.07) is 11.0. The van der Waals surface area contributed by atoms with Crippen LogP contribution >= 0.6 is 11.8 Å². The normalized spacial score (nSPS) is 11.8. The van der Waals surface area contributed by atoms with Crippen molar-refractivity contribution in [2.24, 2.45) is 0 Å². The van der Waals surface area contributed by atoms with Crippen molar-refractivity contribution in [3.63, 3.8) is 0 Å². The molecule has 0 aliphatic carbocycles. The van der Waals surface area contributed by atoms with E-state index >= 15 is 0 Å². The quantitative estimate of drug-likeness (QED) is 0.772. The van der Waals surface area contributed by atoms with Crippen LogP contribution in [0.1, 0.15) is 16.7 Å². The van der Waals surface area contributed by atoms with E-state index in [1.54, 1.807) is 12.1 Å². The van der Waals surface area contributed by atoms with Crippen LogP contribution in [0.2, 0.25) is 0 Å². The molecule has 0 spiro atoms. The van der Waals surface area contributed by atoms with Gasteiger partial charge in [0.05, 0.1) is 5.56 Å². The van der Waals surface area contributed by atoms with Crippen molar-refractivity contribution >= 4 is 23.8 Å². The van der Waals surface area contributed by atoms with Crippen molar-refractivity contribution in [3.8, 4) is 0 Å². The van der Waals surface area contributed by atoms with Gasteiger partial charge in [-0.3, -0.25) is 0 Å². The molecule has 0 aliphatic heterocycles. The fraction of sp³-hybridized carbons (Fsp3) is 0.118. The maximum absolute atomic E-state index is 13.3. The summed E-state index contributed by atoms with van der Waals surface area (Å²) in [6.07, 6.45) is -2.57. The van der Waals surface area contributed by atoms with Crippen LogP contribution in [-0.4, -0.2) is 11.1 Å². The zero-order valence-corrected chi connectivity index (χ0v) is 12.9. The molecule has 2 rings (SSSR count). The van der Waals surface area contributed by atoms with E-state index < -0.39 is 17.7 Å². The van der Waals surface area contributed by atoms with Gasteiger partial charge in [0.15, 0.2) is 0 Å². The first kappa shape index (κ1) is 17.1. The zero-order chi connectivity index (χ0) is 17.0. The Bertz CT molecular complexity index is 752. The molecule has 0 aliphatic rings. The molecule has 2 aromatic carbocycles. The van der Waals surface area contributed by atoms with Gasteiger partial charge in [-0.15, -0.1) is 0 Å². The standard InChI is InChI=1S/C17H13F3O2S/c1-11-4-2-3-5-14(11)23-15-8-6-12(7-9-16(21)22)10-13(15)17(18,19)20/h2-10H,1H3,(H,21,22). The molecule has 120 valence electrons. The number of aliphatic carboxylic acids is 1. The van der Waals surface area contributed by atoms with E-state index in [4.69, 9.17) is 5.11 Å². The van der Waals surface area contributed by atoms with Gasteiger partial charge < -0.3 is 5.11 Å². The molecule has 0 atom stereocenters. The average molecular weight is 338 g/mol. The third-order valence-electron chi connectivity index (χ3n) is 3.04. The van der Waals surface area contributed by atoms with Gasteiger partial charge in [-0.25, -0.2) is 4.79 Å². The summed E-state index contributed by atoms with van der Waals surface area (Å²) >= 11 is 1.04. The molecule has 2 nitrogen and oxygen atoms in total. The predicted molar refractivity (Wildman–Crippen MR) is 83.4 cm³/mol. The van der Waals surface area contributed by atoms with Crippen LogP contribution in [0.3, 0.4) is 0 Å². The smallest absolute Gasteiger partial charge is 0.417 e. The molecule has 0 bridgehead atoms. The van der Waals surface area contributed by atoms with Gasteiger partial charge >= 0.3 is 12.1 Å². The Balaban J connectivity index is 2.43. The van der Waals surface area contributed by atoms with Crippen molar-refractivity contribution in [1.82, 2.24) is 0 Å². The third kappa shape index (κ3) is 4.63. The van der Waals surface area contributed by atoms with Crippen LogP contribution in [0.15, 0.2) is 58.3 Å². The molecular formula is C17H13F3O2S. The van der Waals surface area contributed by atoms with Gasteiger partial charge in [-0.1, -0.05) is 36.0 Å². The Hall–Kier alpha value is -2.21. The molecule has 0 saturated heterocycles. The lowest BCUT2D eigenvalue weighted by Gasteiger charge is -2.14. The second-order valence-electron chi connectivity index (χ2n) is 4.79. The van der Waals surface area contributed by atoms with E-state index in [1.807, 2.05) is 19.1 Å². The number of halogens is 3. The number of rotatable bonds is 4. The van der Waals surface area contributed by atoms with Crippen LogP contribution in [0, 0.1) is 6.92 Å². The number of carbonyl (C=O) groups is 1. The number of aryl methyl sites for hydroxylation is 1. The van der Waals surface area contributed by atoms with Crippen LogP contribution in [-0.2, 0) is 11.0 Å². The molecule has 0 unspecified atom stereocenters. The van der Waals surface area contributed by atoms with Crippen molar-refractivity contribution < 1.29 is 23.1 Å². The number of alkyl halides is 3. The van der Waals surface area contributed by atoms with Gasteiger partial charge in [-0.05, 0) is 42.3 Å². The molecule has 0 amide bonds. The van der Waals surface area contributed by atoms with Crippen molar-refractivity contribution in [3.05, 3.63) is 65.2 Å². The molecule has 23 heavy (non-hydrogen) atoms. The van der Waals surface area contributed by atoms with Crippen LogP contribution in [0.4, 0.5) is 13.2 Å². The lowest BCUT2D eigenvalue weighted by atomic mass is 10.1. The number of benzene rings is 2. The molecule has 2 aromatic rings. The highest BCUT2D eigenvalue weighted by Crippen LogP contribution is 2.40. The van der Waals surface area contributed by atoms with Crippen molar-refractivity contribution in [1.29, 1.82) is 0 Å². The first-order valence-corrected chi connectivity index (χ1v) is 7.45. The summed E-state index contributed by atoms with van der Waals surface area (Å²) in [5.41, 5.74) is 0.299. The van der Waals surface area contributed by atoms with Gasteiger partial charge in [0.25, 0.3) is 0 Å². The number of hydrogen-bond acceptors (Lipinski definition) is 2. The van der Waals surface area contributed by atoms with E-state index in [1.165, 1.54) is 12.1 Å². The Morgan fingerprint density at radius 3 is 2.43 bits per heavy atom. The SMILES string of the molecule is Cc1ccccc1Sc1ccc(C=CC(=O)O)cc1C(F)(F)F. The summed E-state index contributed by atoms with van der Waals surface area (Å²) in [5, 5.41) is 8.57. The molecule has 6 heteroatoms. The zero-order valence-electron chi connectivity index (χ0n) is 12.1. The highest BCUT2D eigenvalue weighted by atomic mass is 32.2. The Morgan fingerprint density at radius 2 is 1.83 bits per heavy atom. The first-order chi connectivity index (χ1) is 10.8. The van der Waals surface area contributed by atoms with E-state index in [0.29, 0.717) is 0 Å². The summed E-state index contributed by atoms with van der Waals surface area (Å²) in [4.78, 5) is 11.3. The van der Waals surface area contributed by atoms with Gasteiger partial charge in [-0.2, -0.15) is 13.2 Å². The molecule has 1 N–H and O–H groups in total. The Morgan fingerprint density at radius 1 is 1.13 bits per heavy atom. The monoisotopic (exact) mass is 338 g/mol. The molecule has 0 heterocycles. The second-order valence-corrected chi connectivity index (χ2v) is 5.88. The van der Waals surface area contributed by atoms with Gasteiger partial charge in [0.1, 0.15) is 0 Å². The minimum atomic E-state index is -4.52. The summed E-state index contributed by atoms with van der Waals surface area (Å²) in [5.74, 6) is -1.21. The largest absolute Gasteiger partial charge is 0.478 e. The average Bonchev–Trinajstić information content (AvgIpc) is 2.47. The molecule has 0 aromatic heterocycles. The Kier molecular flexibility index (Phi) is 5.15. The minimum Gasteiger partial charge on any atom is -0.478 e. The molecule has 0 fully saturated rings. The minimum absolute atomic E-state index is 0.0827. The van der Waals surface area contributed by atoms with Crippen molar-refractivity contribution in [2.45, 2.75) is 22.9 Å². The van der Waals surface area contributed by atoms with Crippen LogP contribution < -0.4 is 0 Å². The topological polar surface area (TPSA) is 37.3 Å². The van der Waals surface area contributed by atoms with Crippen LogP contribution in [0.5, 0.6) is 0 Å². The highest BCUT2D eigenvalue weighted by molar-refractivity contribution is 7.99. The highest BCUT2D eigenvalue weighted by Gasteiger charge is 2.33. The maximum Gasteiger partial charge on any atom is 0.417 e. The van der Waals surface area contributed by atoms with E-state index in [2.05, 4.69) is 0 Å². The lowest BCUT2D eigenvalue weighted by molar-refractivity contribution is -0.139. The lowest BCUT2D eigenvalue weighted by Crippen LogP contribution is -2.07. The van der Waals surface area contributed by atoms with Crippen molar-refractivity contribution in [2.75, 3.05) is 0 Å². The summed E-state index contributed by atoms with van der Waals surface area (Å²) in [7, 11) is 0. The summed E-state index contributed by atoms with van der Waals surface area (Å²) in [6.45, 7) is 1.83. The van der Waals surface area contributed by atoms with Gasteiger partial charge in [0.2, 0.25) is 0 Å². The number of carboxylic acid groups (broad SMARTS) is 1. The number of carboxylic acids is 1. The van der Waals surface area contributed by atoms with Gasteiger partial charge in [0, 0.05) is 15.9 Å². The first-order valence-electron chi connectivity index (χ1n) is 6.63. The van der Waals surface area contributed by atoms with Crippen LogP contribution in [0.25, 0.3) is 6.08 Å². The molecule has 0 saturated carbocycles. The Labute approximate surface area is 135 Å². The summed E-state index contributed by atoms with van der Waals surface area (Å²) < 4.78 is 39.8. The predicted octanol–water partition coefficient (Wildman–Crippen LogP) is 5.26. The number of hydrogen-bond donors (Lipinski definition) is 1. The third-order valence-corrected chi connectivity index (χ3v) is 4.29. The second kappa shape index (κ2) is 6.91. The fourth-order valence-corrected chi connectivity index (χ4v) is 2.95. The fourth-order valence-electron chi connectivity index (χ4n) is 1.92. The maximum atomic E-state index is 13.3. The van der Waals surface area contributed by atoms with E-state index in [9.17, 15) is 18.0 Å². The molecule has 0 radical (unpaired) electrons. The van der Waals surface area contributed by atoms with E-state index in [-0.39, 0.29) is 10.5 Å².